The molecular weight excluding hydrogens is 346 g/mol. The molecule has 8 nitrogen and oxygen atoms in total. The zero-order valence-corrected chi connectivity index (χ0v) is 15.8. The molecule has 2 aliphatic rings. The first-order chi connectivity index (χ1) is 13.1. The Balaban J connectivity index is 1.41. The number of anilines is 1. The van der Waals surface area contributed by atoms with E-state index >= 15 is 0 Å². The maximum Gasteiger partial charge on any atom is 0.225 e. The topological polar surface area (TPSA) is 87.7 Å². The van der Waals surface area contributed by atoms with Crippen LogP contribution < -0.4 is 15.0 Å². The zero-order chi connectivity index (χ0) is 19.2. The van der Waals surface area contributed by atoms with Gasteiger partial charge in [-0.3, -0.25) is 9.59 Å². The summed E-state index contributed by atoms with van der Waals surface area (Å²) in [4.78, 5) is 36.7. The van der Waals surface area contributed by atoms with Gasteiger partial charge in [0.25, 0.3) is 0 Å². The monoisotopic (exact) mass is 373 g/mol. The maximum absolute atomic E-state index is 12.4. The number of methoxy groups -OCH3 is 1. The molecule has 2 amide bonds. The van der Waals surface area contributed by atoms with E-state index < -0.39 is 0 Å². The summed E-state index contributed by atoms with van der Waals surface area (Å²) >= 11 is 0. The summed E-state index contributed by atoms with van der Waals surface area (Å²) in [6.07, 6.45) is 7.29. The van der Waals surface area contributed by atoms with E-state index in [0.29, 0.717) is 43.7 Å². The van der Waals surface area contributed by atoms with E-state index in [1.807, 2.05) is 0 Å². The van der Waals surface area contributed by atoms with Crippen LogP contribution >= 0.6 is 0 Å². The van der Waals surface area contributed by atoms with Gasteiger partial charge in [-0.2, -0.15) is 0 Å². The van der Waals surface area contributed by atoms with Gasteiger partial charge in [0.15, 0.2) is 5.75 Å². The fourth-order valence-electron chi connectivity index (χ4n) is 3.58. The Morgan fingerprint density at radius 2 is 2.07 bits per heavy atom. The molecular formula is C19H27N5O3. The SMILES string of the molecule is C=CCN1CC(C(=O)NCC2CCN(c3ncc(OC)cn3)CC2)CC1=O. The Bertz CT molecular complexity index is 670. The molecule has 1 unspecified atom stereocenters. The van der Waals surface area contributed by atoms with Crippen molar-refractivity contribution in [1.29, 1.82) is 0 Å². The molecule has 0 bridgehead atoms. The van der Waals surface area contributed by atoms with E-state index in [-0.39, 0.29) is 17.7 Å². The first kappa shape index (κ1) is 19.1. The summed E-state index contributed by atoms with van der Waals surface area (Å²) < 4.78 is 5.08. The average Bonchev–Trinajstić information content (AvgIpc) is 3.07. The quantitative estimate of drug-likeness (QED) is 0.713. The minimum Gasteiger partial charge on any atom is -0.494 e. The van der Waals surface area contributed by atoms with Crippen LogP contribution in [-0.2, 0) is 9.59 Å². The number of aromatic nitrogens is 2. The molecule has 1 atom stereocenters. The van der Waals surface area contributed by atoms with Crippen molar-refractivity contribution in [3.05, 3.63) is 25.0 Å². The molecule has 27 heavy (non-hydrogen) atoms. The lowest BCUT2D eigenvalue weighted by Gasteiger charge is -2.32. The summed E-state index contributed by atoms with van der Waals surface area (Å²) in [5, 5.41) is 3.04. The highest BCUT2D eigenvalue weighted by atomic mass is 16.5. The molecule has 146 valence electrons. The molecule has 1 aromatic rings. The van der Waals surface area contributed by atoms with E-state index in [1.54, 1.807) is 30.5 Å². The molecule has 0 aliphatic carbocycles. The van der Waals surface area contributed by atoms with Crippen molar-refractivity contribution in [2.75, 3.05) is 44.7 Å². The summed E-state index contributed by atoms with van der Waals surface area (Å²) in [7, 11) is 1.59. The summed E-state index contributed by atoms with van der Waals surface area (Å²) in [5.41, 5.74) is 0. The standard InChI is InChI=1S/C19H27N5O3/c1-3-6-24-13-15(9-17(24)25)18(26)20-10-14-4-7-23(8-5-14)19-21-11-16(27-2)12-22-19/h3,11-12,14-15H,1,4-10,13H2,2H3,(H,20,26). The third kappa shape index (κ3) is 4.75. The van der Waals surface area contributed by atoms with Crippen LogP contribution in [-0.4, -0.2) is 66.5 Å². The number of hydrogen-bond acceptors (Lipinski definition) is 6. The molecule has 3 heterocycles. The normalized spacial score (nSPS) is 20.6. The first-order valence-corrected chi connectivity index (χ1v) is 9.38. The number of nitrogens with one attached hydrogen (secondary N) is 1. The van der Waals surface area contributed by atoms with Gasteiger partial charge in [0.2, 0.25) is 17.8 Å². The lowest BCUT2D eigenvalue weighted by atomic mass is 9.96. The van der Waals surface area contributed by atoms with Gasteiger partial charge in [0.05, 0.1) is 25.4 Å². The number of likely N-dealkylation sites (tertiary alicyclic amines) is 1. The van der Waals surface area contributed by atoms with E-state index in [4.69, 9.17) is 4.74 Å². The Morgan fingerprint density at radius 1 is 1.37 bits per heavy atom. The molecule has 8 heteroatoms. The van der Waals surface area contributed by atoms with Crippen LogP contribution in [0.5, 0.6) is 5.75 Å². The number of amides is 2. The second kappa shape index (κ2) is 8.83. The lowest BCUT2D eigenvalue weighted by molar-refractivity contribution is -0.128. The molecule has 1 aromatic heterocycles. The van der Waals surface area contributed by atoms with Crippen molar-refractivity contribution in [1.82, 2.24) is 20.2 Å². The van der Waals surface area contributed by atoms with Gasteiger partial charge < -0.3 is 19.9 Å². The summed E-state index contributed by atoms with van der Waals surface area (Å²) in [6.45, 7) is 7.03. The first-order valence-electron chi connectivity index (χ1n) is 9.38. The number of nitrogens with zero attached hydrogens (tertiary/aromatic N) is 4. The molecule has 3 rings (SSSR count). The van der Waals surface area contributed by atoms with E-state index in [2.05, 4.69) is 26.8 Å². The summed E-state index contributed by atoms with van der Waals surface area (Å²) in [6, 6.07) is 0. The molecule has 2 fully saturated rings. The maximum atomic E-state index is 12.4. The van der Waals surface area contributed by atoms with Gasteiger partial charge in [-0.25, -0.2) is 9.97 Å². The number of hydrogen-bond donors (Lipinski definition) is 1. The molecule has 0 aromatic carbocycles. The number of rotatable bonds is 7. The van der Waals surface area contributed by atoms with Crippen molar-refractivity contribution < 1.29 is 14.3 Å². The van der Waals surface area contributed by atoms with Crippen LogP contribution in [0.25, 0.3) is 0 Å². The third-order valence-corrected chi connectivity index (χ3v) is 5.25. The number of carbonyl (C=O) groups is 2. The molecule has 2 aliphatic heterocycles. The number of piperidine rings is 1. The predicted octanol–water partition coefficient (Wildman–Crippen LogP) is 0.852. The highest BCUT2D eigenvalue weighted by Gasteiger charge is 2.33. The minimum absolute atomic E-state index is 0.0178. The Kier molecular flexibility index (Phi) is 6.26. The molecule has 0 radical (unpaired) electrons. The number of carbonyl (C=O) groups excluding carboxylic acids is 2. The Hall–Kier alpha value is -2.64. The van der Waals surface area contributed by atoms with Crippen LogP contribution in [0.1, 0.15) is 19.3 Å². The second-order valence-electron chi connectivity index (χ2n) is 7.09. The van der Waals surface area contributed by atoms with E-state index in [9.17, 15) is 9.59 Å². The molecule has 2 saturated heterocycles. The van der Waals surface area contributed by atoms with Crippen molar-refractivity contribution in [3.63, 3.8) is 0 Å². The Labute approximate surface area is 159 Å². The van der Waals surface area contributed by atoms with Crippen molar-refractivity contribution >= 4 is 17.8 Å². The van der Waals surface area contributed by atoms with Gasteiger partial charge in [0, 0.05) is 39.1 Å². The smallest absolute Gasteiger partial charge is 0.225 e. The van der Waals surface area contributed by atoms with Crippen LogP contribution in [0.4, 0.5) is 5.95 Å². The minimum atomic E-state index is -0.245. The van der Waals surface area contributed by atoms with E-state index in [1.165, 1.54) is 0 Å². The second-order valence-corrected chi connectivity index (χ2v) is 7.09. The van der Waals surface area contributed by atoms with Gasteiger partial charge in [0.1, 0.15) is 0 Å². The number of ether oxygens (including phenoxy) is 1. The van der Waals surface area contributed by atoms with Gasteiger partial charge in [-0.1, -0.05) is 6.08 Å². The van der Waals surface area contributed by atoms with Crippen molar-refractivity contribution in [2.45, 2.75) is 19.3 Å². The molecule has 0 spiro atoms. The predicted molar refractivity (Wildman–Crippen MR) is 101 cm³/mol. The van der Waals surface area contributed by atoms with E-state index in [0.717, 1.165) is 25.9 Å². The lowest BCUT2D eigenvalue weighted by Crippen LogP contribution is -2.41. The fourth-order valence-corrected chi connectivity index (χ4v) is 3.58. The summed E-state index contributed by atoms with van der Waals surface area (Å²) in [5.74, 6) is 1.56. The largest absolute Gasteiger partial charge is 0.494 e. The van der Waals surface area contributed by atoms with Gasteiger partial charge in [-0.15, -0.1) is 6.58 Å². The van der Waals surface area contributed by atoms with Crippen molar-refractivity contribution in [3.8, 4) is 5.75 Å². The van der Waals surface area contributed by atoms with Gasteiger partial charge in [-0.05, 0) is 18.8 Å². The van der Waals surface area contributed by atoms with Crippen LogP contribution in [0.2, 0.25) is 0 Å². The zero-order valence-electron chi connectivity index (χ0n) is 15.8. The highest BCUT2D eigenvalue weighted by molar-refractivity contribution is 5.89. The third-order valence-electron chi connectivity index (χ3n) is 5.25. The van der Waals surface area contributed by atoms with Crippen molar-refractivity contribution in [2.24, 2.45) is 11.8 Å². The Morgan fingerprint density at radius 3 is 2.70 bits per heavy atom. The molecule has 0 saturated carbocycles. The van der Waals surface area contributed by atoms with Crippen LogP contribution in [0.15, 0.2) is 25.0 Å². The van der Waals surface area contributed by atoms with Crippen LogP contribution in [0.3, 0.4) is 0 Å². The fraction of sp³-hybridized carbons (Fsp3) is 0.579. The highest BCUT2D eigenvalue weighted by Crippen LogP contribution is 2.22. The van der Waals surface area contributed by atoms with Gasteiger partial charge >= 0.3 is 0 Å². The van der Waals surface area contributed by atoms with Crippen LogP contribution in [0, 0.1) is 11.8 Å². The molecule has 1 N–H and O–H groups in total. The average molecular weight is 373 g/mol.